The summed E-state index contributed by atoms with van der Waals surface area (Å²) in [5, 5.41) is 11.2. The summed E-state index contributed by atoms with van der Waals surface area (Å²) in [6.07, 6.45) is 1.64. The highest BCUT2D eigenvalue weighted by Gasteiger charge is 2.32. The lowest BCUT2D eigenvalue weighted by molar-refractivity contribution is 0.0922. The molecule has 3 rings (SSSR count). The molecule has 6 nitrogen and oxygen atoms in total. The molecule has 0 saturated heterocycles. The Morgan fingerprint density at radius 2 is 2.12 bits per heavy atom. The fourth-order valence-corrected chi connectivity index (χ4v) is 2.99. The highest BCUT2D eigenvalue weighted by Crippen LogP contribution is 2.38. The lowest BCUT2D eigenvalue weighted by Gasteiger charge is -2.22. The summed E-state index contributed by atoms with van der Waals surface area (Å²) >= 11 is 0. The van der Waals surface area contributed by atoms with Crippen LogP contribution < -0.4 is 10.1 Å². The van der Waals surface area contributed by atoms with Gasteiger partial charge in [-0.15, -0.1) is 10.2 Å². The molecule has 128 valence electrons. The van der Waals surface area contributed by atoms with Crippen molar-refractivity contribution >= 4 is 5.91 Å². The fourth-order valence-electron chi connectivity index (χ4n) is 2.99. The minimum absolute atomic E-state index is 0.0767. The number of aromatic nitrogens is 3. The first-order valence-electron chi connectivity index (χ1n) is 8.21. The van der Waals surface area contributed by atoms with Gasteiger partial charge in [-0.05, 0) is 24.1 Å². The van der Waals surface area contributed by atoms with E-state index in [4.69, 9.17) is 4.74 Å². The molecule has 2 heterocycles. The van der Waals surface area contributed by atoms with Crippen LogP contribution in [-0.2, 0) is 12.5 Å². The van der Waals surface area contributed by atoms with Crippen LogP contribution in [0.15, 0.2) is 24.5 Å². The molecule has 24 heavy (non-hydrogen) atoms. The SMILES string of the molecule is CC(C)C(NC(=O)c1ccc2c(c1)C(C)(C)CO2)c1nncn1C. The molecule has 2 aromatic rings. The van der Waals surface area contributed by atoms with E-state index >= 15 is 0 Å². The van der Waals surface area contributed by atoms with Gasteiger partial charge in [-0.3, -0.25) is 4.79 Å². The molecule has 1 unspecified atom stereocenters. The number of carbonyl (C=O) groups excluding carboxylic acids is 1. The zero-order chi connectivity index (χ0) is 17.5. The number of benzene rings is 1. The Morgan fingerprint density at radius 1 is 1.38 bits per heavy atom. The average Bonchev–Trinajstić information content (AvgIpc) is 3.08. The van der Waals surface area contributed by atoms with Crippen molar-refractivity contribution in [1.29, 1.82) is 0 Å². The van der Waals surface area contributed by atoms with Crippen LogP contribution in [0.5, 0.6) is 5.75 Å². The summed E-state index contributed by atoms with van der Waals surface area (Å²) in [4.78, 5) is 12.8. The maximum atomic E-state index is 12.8. The van der Waals surface area contributed by atoms with Gasteiger partial charge in [0.1, 0.15) is 12.1 Å². The van der Waals surface area contributed by atoms with Crippen molar-refractivity contribution in [3.63, 3.8) is 0 Å². The summed E-state index contributed by atoms with van der Waals surface area (Å²) in [5.74, 6) is 1.71. The molecule has 1 aromatic heterocycles. The molecule has 6 heteroatoms. The Labute approximate surface area is 142 Å². The summed E-state index contributed by atoms with van der Waals surface area (Å²) in [7, 11) is 1.88. The Balaban J connectivity index is 1.86. The second-order valence-corrected chi connectivity index (χ2v) is 7.38. The normalized spacial score (nSPS) is 16.6. The molecule has 1 N–H and O–H groups in total. The average molecular weight is 328 g/mol. The van der Waals surface area contributed by atoms with Crippen molar-refractivity contribution < 1.29 is 9.53 Å². The van der Waals surface area contributed by atoms with Gasteiger partial charge in [0.2, 0.25) is 0 Å². The van der Waals surface area contributed by atoms with Gasteiger partial charge in [0.15, 0.2) is 5.82 Å². The number of rotatable bonds is 4. The molecule has 0 aliphatic carbocycles. The first-order chi connectivity index (χ1) is 11.3. The van der Waals surface area contributed by atoms with Crippen molar-refractivity contribution in [2.75, 3.05) is 6.61 Å². The van der Waals surface area contributed by atoms with Gasteiger partial charge in [-0.1, -0.05) is 27.7 Å². The predicted octanol–water partition coefficient (Wildman–Crippen LogP) is 2.61. The van der Waals surface area contributed by atoms with Crippen molar-refractivity contribution in [3.8, 4) is 5.75 Å². The van der Waals surface area contributed by atoms with Gasteiger partial charge in [-0.25, -0.2) is 0 Å². The number of nitrogens with one attached hydrogen (secondary N) is 1. The largest absolute Gasteiger partial charge is 0.492 e. The highest BCUT2D eigenvalue weighted by atomic mass is 16.5. The maximum Gasteiger partial charge on any atom is 0.251 e. The number of nitrogens with zero attached hydrogens (tertiary/aromatic N) is 3. The monoisotopic (exact) mass is 328 g/mol. The van der Waals surface area contributed by atoms with Crippen molar-refractivity contribution in [2.24, 2.45) is 13.0 Å². The number of hydrogen-bond donors (Lipinski definition) is 1. The highest BCUT2D eigenvalue weighted by molar-refractivity contribution is 5.95. The van der Waals surface area contributed by atoms with E-state index in [2.05, 4.69) is 43.2 Å². The van der Waals surface area contributed by atoms with Gasteiger partial charge in [0, 0.05) is 23.6 Å². The number of ether oxygens (including phenoxy) is 1. The molecule has 1 aromatic carbocycles. The van der Waals surface area contributed by atoms with Crippen LogP contribution in [-0.4, -0.2) is 27.3 Å². The van der Waals surface area contributed by atoms with Gasteiger partial charge in [0.25, 0.3) is 5.91 Å². The quantitative estimate of drug-likeness (QED) is 0.937. The number of hydrogen-bond acceptors (Lipinski definition) is 4. The van der Waals surface area contributed by atoms with Gasteiger partial charge in [0.05, 0.1) is 12.6 Å². The Kier molecular flexibility index (Phi) is 4.07. The van der Waals surface area contributed by atoms with E-state index in [1.54, 1.807) is 6.33 Å². The van der Waals surface area contributed by atoms with Crippen LogP contribution in [0.4, 0.5) is 0 Å². The van der Waals surface area contributed by atoms with E-state index in [0.717, 1.165) is 17.1 Å². The van der Waals surface area contributed by atoms with Crippen LogP contribution in [0.3, 0.4) is 0 Å². The predicted molar refractivity (Wildman–Crippen MR) is 91.0 cm³/mol. The topological polar surface area (TPSA) is 69.0 Å². The van der Waals surface area contributed by atoms with Gasteiger partial charge < -0.3 is 14.6 Å². The second-order valence-electron chi connectivity index (χ2n) is 7.38. The van der Waals surface area contributed by atoms with E-state index in [1.165, 1.54) is 0 Å². The third kappa shape index (κ3) is 2.88. The zero-order valence-corrected chi connectivity index (χ0v) is 14.8. The minimum atomic E-state index is -0.192. The summed E-state index contributed by atoms with van der Waals surface area (Å²) in [6, 6.07) is 5.43. The van der Waals surface area contributed by atoms with E-state index in [1.807, 2.05) is 29.8 Å². The molecule has 1 amide bonds. The third-order valence-corrected chi connectivity index (χ3v) is 4.54. The van der Waals surface area contributed by atoms with Crippen LogP contribution >= 0.6 is 0 Å². The van der Waals surface area contributed by atoms with E-state index in [9.17, 15) is 4.79 Å². The second kappa shape index (κ2) is 5.92. The Morgan fingerprint density at radius 3 is 2.75 bits per heavy atom. The molecular formula is C18H24N4O2. The zero-order valence-electron chi connectivity index (χ0n) is 14.8. The molecule has 0 radical (unpaired) electrons. The lowest BCUT2D eigenvalue weighted by atomic mass is 9.86. The van der Waals surface area contributed by atoms with Crippen molar-refractivity contribution in [3.05, 3.63) is 41.5 Å². The molecule has 1 atom stereocenters. The van der Waals surface area contributed by atoms with Crippen LogP contribution in [0, 0.1) is 5.92 Å². The summed E-state index contributed by atoms with van der Waals surface area (Å²) in [6.45, 7) is 8.99. The molecule has 1 aliphatic heterocycles. The van der Waals surface area contributed by atoms with E-state index in [0.29, 0.717) is 12.2 Å². The standard InChI is InChI=1S/C18H24N4O2/c1-11(2)15(16-21-19-10-22(16)5)20-17(23)12-6-7-14-13(8-12)18(3,4)9-24-14/h6-8,10-11,15H,9H2,1-5H3,(H,20,23). The molecule has 0 fully saturated rings. The summed E-state index contributed by atoms with van der Waals surface area (Å²) in [5.41, 5.74) is 1.64. The van der Waals surface area contributed by atoms with Crippen LogP contribution in [0.25, 0.3) is 0 Å². The Bertz CT molecular complexity index is 764. The lowest BCUT2D eigenvalue weighted by Crippen LogP contribution is -2.33. The Hall–Kier alpha value is -2.37. The first-order valence-corrected chi connectivity index (χ1v) is 8.21. The maximum absolute atomic E-state index is 12.8. The number of carbonyl (C=O) groups is 1. The molecule has 0 spiro atoms. The van der Waals surface area contributed by atoms with Crippen LogP contribution in [0.2, 0.25) is 0 Å². The molecule has 0 saturated carbocycles. The number of aryl methyl sites for hydroxylation is 1. The van der Waals surface area contributed by atoms with Gasteiger partial charge in [-0.2, -0.15) is 0 Å². The number of fused-ring (bicyclic) bond motifs is 1. The van der Waals surface area contributed by atoms with Crippen molar-refractivity contribution in [1.82, 2.24) is 20.1 Å². The van der Waals surface area contributed by atoms with Crippen LogP contribution in [0.1, 0.15) is 55.5 Å². The number of amides is 1. The minimum Gasteiger partial charge on any atom is -0.492 e. The van der Waals surface area contributed by atoms with E-state index in [-0.39, 0.29) is 23.3 Å². The molecule has 1 aliphatic rings. The smallest absolute Gasteiger partial charge is 0.251 e. The summed E-state index contributed by atoms with van der Waals surface area (Å²) < 4.78 is 7.53. The first kappa shape index (κ1) is 16.5. The third-order valence-electron chi connectivity index (χ3n) is 4.54. The van der Waals surface area contributed by atoms with Crippen molar-refractivity contribution in [2.45, 2.75) is 39.2 Å². The molecular weight excluding hydrogens is 304 g/mol. The van der Waals surface area contributed by atoms with E-state index < -0.39 is 0 Å². The van der Waals surface area contributed by atoms with Gasteiger partial charge >= 0.3 is 0 Å². The molecule has 0 bridgehead atoms. The fraction of sp³-hybridized carbons (Fsp3) is 0.500.